The van der Waals surface area contributed by atoms with E-state index in [0.717, 1.165) is 10.0 Å². The van der Waals surface area contributed by atoms with E-state index in [1.54, 1.807) is 12.1 Å². The van der Waals surface area contributed by atoms with Gasteiger partial charge in [0.1, 0.15) is 11.6 Å². The van der Waals surface area contributed by atoms with Gasteiger partial charge in [-0.15, -0.1) is 0 Å². The molecular formula is C14H12BrF2N. The first-order chi connectivity index (χ1) is 8.52. The Morgan fingerprint density at radius 2 is 1.61 bits per heavy atom. The predicted octanol–water partition coefficient (Wildman–Crippen LogP) is 4.08. The van der Waals surface area contributed by atoms with Gasteiger partial charge in [0.05, 0.1) is 6.04 Å². The zero-order valence-corrected chi connectivity index (χ0v) is 11.3. The molecule has 2 aromatic rings. The van der Waals surface area contributed by atoms with Crippen LogP contribution in [-0.2, 0) is 0 Å². The van der Waals surface area contributed by atoms with Crippen LogP contribution in [0.5, 0.6) is 0 Å². The molecule has 18 heavy (non-hydrogen) atoms. The van der Waals surface area contributed by atoms with Crippen LogP contribution in [0, 0.1) is 18.6 Å². The first-order valence-corrected chi connectivity index (χ1v) is 6.26. The van der Waals surface area contributed by atoms with Gasteiger partial charge in [0.25, 0.3) is 0 Å². The molecular weight excluding hydrogens is 300 g/mol. The van der Waals surface area contributed by atoms with Crippen LogP contribution < -0.4 is 5.73 Å². The van der Waals surface area contributed by atoms with E-state index in [0.29, 0.717) is 5.56 Å². The number of hydrogen-bond donors (Lipinski definition) is 1. The quantitative estimate of drug-likeness (QED) is 0.888. The summed E-state index contributed by atoms with van der Waals surface area (Å²) in [5, 5.41) is 0. The molecule has 1 atom stereocenters. The summed E-state index contributed by atoms with van der Waals surface area (Å²) in [5.41, 5.74) is 7.47. The van der Waals surface area contributed by atoms with E-state index in [1.807, 2.05) is 13.0 Å². The lowest BCUT2D eigenvalue weighted by Gasteiger charge is -2.17. The summed E-state index contributed by atoms with van der Waals surface area (Å²) < 4.78 is 28.2. The number of hydrogen-bond acceptors (Lipinski definition) is 1. The molecule has 0 radical (unpaired) electrons. The fourth-order valence-electron chi connectivity index (χ4n) is 1.92. The number of rotatable bonds is 2. The fourth-order valence-corrected chi connectivity index (χ4v) is 2.31. The van der Waals surface area contributed by atoms with Crippen LogP contribution >= 0.6 is 15.9 Å². The van der Waals surface area contributed by atoms with Crippen LogP contribution in [0.25, 0.3) is 0 Å². The van der Waals surface area contributed by atoms with E-state index in [1.165, 1.54) is 18.2 Å². The Hall–Kier alpha value is -1.26. The molecule has 0 aliphatic rings. The lowest BCUT2D eigenvalue weighted by atomic mass is 9.95. The normalized spacial score (nSPS) is 12.5. The topological polar surface area (TPSA) is 26.0 Å². The van der Waals surface area contributed by atoms with Crippen LogP contribution in [-0.4, -0.2) is 0 Å². The maximum atomic E-state index is 13.7. The van der Waals surface area contributed by atoms with E-state index < -0.39 is 17.7 Å². The molecule has 94 valence electrons. The highest BCUT2D eigenvalue weighted by Crippen LogP contribution is 2.29. The van der Waals surface area contributed by atoms with Crippen LogP contribution in [0.4, 0.5) is 8.78 Å². The molecule has 0 heterocycles. The minimum Gasteiger partial charge on any atom is -0.320 e. The van der Waals surface area contributed by atoms with Gasteiger partial charge < -0.3 is 5.73 Å². The summed E-state index contributed by atoms with van der Waals surface area (Å²) in [7, 11) is 0. The molecule has 0 aliphatic carbocycles. The van der Waals surface area contributed by atoms with Gasteiger partial charge in [-0.2, -0.15) is 0 Å². The molecule has 0 saturated heterocycles. The first-order valence-electron chi connectivity index (χ1n) is 5.47. The highest BCUT2D eigenvalue weighted by Gasteiger charge is 2.20. The molecule has 2 rings (SSSR count). The summed E-state index contributed by atoms with van der Waals surface area (Å²) in [5.74, 6) is -1.25. The van der Waals surface area contributed by atoms with E-state index in [2.05, 4.69) is 15.9 Å². The SMILES string of the molecule is Cc1c(Br)cccc1C(N)c1c(F)cccc1F. The van der Waals surface area contributed by atoms with E-state index in [4.69, 9.17) is 5.73 Å². The van der Waals surface area contributed by atoms with Crippen LogP contribution in [0.1, 0.15) is 22.7 Å². The molecule has 0 amide bonds. The molecule has 0 aliphatic heterocycles. The van der Waals surface area contributed by atoms with Gasteiger partial charge in [0, 0.05) is 10.0 Å². The molecule has 1 unspecified atom stereocenters. The Morgan fingerprint density at radius 3 is 2.22 bits per heavy atom. The van der Waals surface area contributed by atoms with Crippen molar-refractivity contribution in [3.63, 3.8) is 0 Å². The van der Waals surface area contributed by atoms with Gasteiger partial charge in [-0.3, -0.25) is 0 Å². The highest BCUT2D eigenvalue weighted by atomic mass is 79.9. The Morgan fingerprint density at radius 1 is 1.06 bits per heavy atom. The first kappa shape index (κ1) is 13.2. The van der Waals surface area contributed by atoms with Crippen LogP contribution in [0.2, 0.25) is 0 Å². The summed E-state index contributed by atoms with van der Waals surface area (Å²) >= 11 is 3.38. The van der Waals surface area contributed by atoms with Crippen LogP contribution in [0.15, 0.2) is 40.9 Å². The largest absolute Gasteiger partial charge is 0.320 e. The van der Waals surface area contributed by atoms with Crippen molar-refractivity contribution in [2.45, 2.75) is 13.0 Å². The second kappa shape index (κ2) is 5.16. The van der Waals surface area contributed by atoms with E-state index in [-0.39, 0.29) is 5.56 Å². The van der Waals surface area contributed by atoms with E-state index in [9.17, 15) is 8.78 Å². The molecule has 0 saturated carbocycles. The lowest BCUT2D eigenvalue weighted by Crippen LogP contribution is -2.16. The van der Waals surface area contributed by atoms with E-state index >= 15 is 0 Å². The summed E-state index contributed by atoms with van der Waals surface area (Å²) in [6, 6.07) is 8.38. The maximum absolute atomic E-state index is 13.7. The molecule has 1 nitrogen and oxygen atoms in total. The number of nitrogens with two attached hydrogens (primary N) is 1. The predicted molar refractivity (Wildman–Crippen MR) is 71.3 cm³/mol. The summed E-state index contributed by atoms with van der Waals surface area (Å²) in [6.07, 6.45) is 0. The second-order valence-corrected chi connectivity index (χ2v) is 4.92. The van der Waals surface area contributed by atoms with Crippen molar-refractivity contribution in [2.24, 2.45) is 5.73 Å². The zero-order valence-electron chi connectivity index (χ0n) is 9.75. The molecule has 0 spiro atoms. The number of benzene rings is 2. The molecule has 0 fully saturated rings. The Labute approximate surface area is 113 Å². The van der Waals surface area contributed by atoms with Crippen molar-refractivity contribution in [3.05, 3.63) is 69.2 Å². The van der Waals surface area contributed by atoms with Crippen molar-refractivity contribution in [1.29, 1.82) is 0 Å². The molecule has 2 N–H and O–H groups in total. The monoisotopic (exact) mass is 311 g/mol. The minimum atomic E-state index is -0.816. The van der Waals surface area contributed by atoms with Gasteiger partial charge >= 0.3 is 0 Å². The second-order valence-electron chi connectivity index (χ2n) is 4.07. The average Bonchev–Trinajstić information content (AvgIpc) is 2.32. The Bertz CT molecular complexity index is 564. The molecule has 0 bridgehead atoms. The molecule has 0 aromatic heterocycles. The third kappa shape index (κ3) is 2.31. The highest BCUT2D eigenvalue weighted by molar-refractivity contribution is 9.10. The van der Waals surface area contributed by atoms with Gasteiger partial charge in [-0.25, -0.2) is 8.78 Å². The van der Waals surface area contributed by atoms with Crippen LogP contribution in [0.3, 0.4) is 0 Å². The van der Waals surface area contributed by atoms with Crippen molar-refractivity contribution in [2.75, 3.05) is 0 Å². The molecule has 2 aromatic carbocycles. The summed E-state index contributed by atoms with van der Waals surface area (Å²) in [6.45, 7) is 1.86. The molecule has 4 heteroatoms. The van der Waals surface area contributed by atoms with Gasteiger partial charge in [0.2, 0.25) is 0 Å². The van der Waals surface area contributed by atoms with Gasteiger partial charge in [0.15, 0.2) is 0 Å². The van der Waals surface area contributed by atoms with Crippen molar-refractivity contribution in [1.82, 2.24) is 0 Å². The van der Waals surface area contributed by atoms with Crippen molar-refractivity contribution in [3.8, 4) is 0 Å². The zero-order chi connectivity index (χ0) is 13.3. The van der Waals surface area contributed by atoms with Crippen molar-refractivity contribution < 1.29 is 8.78 Å². The third-order valence-electron chi connectivity index (χ3n) is 2.96. The smallest absolute Gasteiger partial charge is 0.131 e. The standard InChI is InChI=1S/C14H12BrF2N/c1-8-9(4-2-5-10(8)15)14(18)13-11(16)6-3-7-12(13)17/h2-7,14H,18H2,1H3. The average molecular weight is 312 g/mol. The van der Waals surface area contributed by atoms with Crippen molar-refractivity contribution >= 4 is 15.9 Å². The lowest BCUT2D eigenvalue weighted by molar-refractivity contribution is 0.543. The fraction of sp³-hybridized carbons (Fsp3) is 0.143. The third-order valence-corrected chi connectivity index (χ3v) is 3.81. The summed E-state index contributed by atoms with van der Waals surface area (Å²) in [4.78, 5) is 0. The maximum Gasteiger partial charge on any atom is 0.131 e. The Kier molecular flexibility index (Phi) is 3.78. The Balaban J connectivity index is 2.55. The number of halogens is 3. The van der Waals surface area contributed by atoms with Gasteiger partial charge in [-0.05, 0) is 36.2 Å². The van der Waals surface area contributed by atoms with Gasteiger partial charge in [-0.1, -0.05) is 34.1 Å². The minimum absolute atomic E-state index is 0.0984.